The summed E-state index contributed by atoms with van der Waals surface area (Å²) in [7, 11) is 0. The van der Waals surface area contributed by atoms with Crippen molar-refractivity contribution in [1.82, 2.24) is 14.7 Å². The highest BCUT2D eigenvalue weighted by Gasteiger charge is 2.52. The second kappa shape index (κ2) is 3.94. The van der Waals surface area contributed by atoms with Gasteiger partial charge >= 0.3 is 12.3 Å². The molecular formula is C9H10F3N3O2. The highest BCUT2D eigenvalue weighted by molar-refractivity contribution is 5.66. The van der Waals surface area contributed by atoms with Gasteiger partial charge in [0.25, 0.3) is 0 Å². The molecule has 1 aromatic heterocycles. The number of carboxylic acid groups (broad SMARTS) is 1. The number of nitrogens with zero attached hydrogens (tertiary/aromatic N) is 3. The van der Waals surface area contributed by atoms with Gasteiger partial charge in [0.2, 0.25) is 0 Å². The minimum Gasteiger partial charge on any atom is -0.465 e. The molecule has 1 amide bonds. The second-order valence-electron chi connectivity index (χ2n) is 3.79. The predicted octanol–water partition coefficient (Wildman–Crippen LogP) is 2.09. The van der Waals surface area contributed by atoms with Crippen LogP contribution in [-0.2, 0) is 0 Å². The van der Waals surface area contributed by atoms with E-state index in [1.54, 1.807) is 6.07 Å². The Hall–Kier alpha value is -1.73. The third-order valence-electron chi connectivity index (χ3n) is 2.78. The van der Waals surface area contributed by atoms with E-state index in [-0.39, 0.29) is 12.8 Å². The van der Waals surface area contributed by atoms with E-state index in [0.29, 0.717) is 4.90 Å². The molecule has 94 valence electrons. The van der Waals surface area contributed by atoms with Gasteiger partial charge < -0.3 is 5.11 Å². The van der Waals surface area contributed by atoms with Crippen LogP contribution in [0, 0.1) is 0 Å². The molecule has 1 saturated heterocycles. The summed E-state index contributed by atoms with van der Waals surface area (Å²) >= 11 is 0. The Labute approximate surface area is 94.4 Å². The summed E-state index contributed by atoms with van der Waals surface area (Å²) < 4.78 is 39.2. The van der Waals surface area contributed by atoms with E-state index < -0.39 is 24.5 Å². The van der Waals surface area contributed by atoms with E-state index in [1.807, 2.05) is 0 Å². The smallest absolute Gasteiger partial charge is 0.409 e. The van der Waals surface area contributed by atoms with Gasteiger partial charge in [0.05, 0.1) is 0 Å². The van der Waals surface area contributed by atoms with E-state index in [0.717, 1.165) is 0 Å². The Morgan fingerprint density at radius 3 is 2.59 bits per heavy atom. The Balaban J connectivity index is 2.29. The van der Waals surface area contributed by atoms with Crippen molar-refractivity contribution in [1.29, 1.82) is 0 Å². The minimum absolute atomic E-state index is 0.109. The van der Waals surface area contributed by atoms with E-state index in [4.69, 9.17) is 5.11 Å². The van der Waals surface area contributed by atoms with Gasteiger partial charge in [-0.25, -0.2) is 9.48 Å². The SMILES string of the molecule is O=C(O)N1C(n2cccn2)CCC1C(F)(F)F. The summed E-state index contributed by atoms with van der Waals surface area (Å²) in [5.74, 6) is 0. The minimum atomic E-state index is -4.54. The molecular weight excluding hydrogens is 239 g/mol. The molecule has 17 heavy (non-hydrogen) atoms. The highest BCUT2D eigenvalue weighted by atomic mass is 19.4. The molecule has 1 aliphatic rings. The number of hydrogen-bond donors (Lipinski definition) is 1. The number of rotatable bonds is 1. The van der Waals surface area contributed by atoms with E-state index >= 15 is 0 Å². The molecule has 1 N–H and O–H groups in total. The lowest BCUT2D eigenvalue weighted by atomic mass is 10.2. The number of aromatic nitrogens is 2. The fourth-order valence-electron chi connectivity index (χ4n) is 2.09. The summed E-state index contributed by atoms with van der Waals surface area (Å²) in [6, 6.07) is -0.407. The molecule has 0 aliphatic carbocycles. The van der Waals surface area contributed by atoms with Crippen molar-refractivity contribution in [2.24, 2.45) is 0 Å². The number of carbonyl (C=O) groups is 1. The van der Waals surface area contributed by atoms with Crippen LogP contribution in [0.1, 0.15) is 19.0 Å². The molecule has 2 unspecified atom stereocenters. The van der Waals surface area contributed by atoms with Crippen LogP contribution in [0.3, 0.4) is 0 Å². The molecule has 2 heterocycles. The maximum absolute atomic E-state index is 12.7. The zero-order chi connectivity index (χ0) is 12.6. The van der Waals surface area contributed by atoms with Crippen molar-refractivity contribution in [2.45, 2.75) is 31.2 Å². The van der Waals surface area contributed by atoms with Crippen LogP contribution in [0.4, 0.5) is 18.0 Å². The Morgan fingerprint density at radius 1 is 1.41 bits per heavy atom. The van der Waals surface area contributed by atoms with Gasteiger partial charge in [-0.1, -0.05) is 0 Å². The van der Waals surface area contributed by atoms with Crippen LogP contribution < -0.4 is 0 Å². The molecule has 2 atom stereocenters. The summed E-state index contributed by atoms with van der Waals surface area (Å²) in [5, 5.41) is 12.7. The lowest BCUT2D eigenvalue weighted by molar-refractivity contribution is -0.176. The van der Waals surface area contributed by atoms with Gasteiger partial charge in [-0.3, -0.25) is 4.90 Å². The standard InChI is InChI=1S/C9H10F3N3O2/c10-9(11,12)6-2-3-7(15(6)8(16)17)14-5-1-4-13-14/h1,4-7H,2-3H2,(H,16,17). The van der Waals surface area contributed by atoms with Gasteiger partial charge in [-0.05, 0) is 18.9 Å². The largest absolute Gasteiger partial charge is 0.465 e. The van der Waals surface area contributed by atoms with Crippen LogP contribution in [-0.4, -0.2) is 38.1 Å². The first-order valence-corrected chi connectivity index (χ1v) is 4.98. The summed E-state index contributed by atoms with van der Waals surface area (Å²) in [6.07, 6.45) is -4.27. The molecule has 0 bridgehead atoms. The molecule has 8 heteroatoms. The molecule has 0 aromatic carbocycles. The molecule has 1 aliphatic heterocycles. The van der Waals surface area contributed by atoms with Crippen molar-refractivity contribution in [2.75, 3.05) is 0 Å². The Bertz CT molecular complexity index is 404. The normalized spacial score (nSPS) is 25.2. The van der Waals surface area contributed by atoms with Crippen LogP contribution >= 0.6 is 0 Å². The molecule has 2 rings (SSSR count). The van der Waals surface area contributed by atoms with Crippen LogP contribution in [0.15, 0.2) is 18.5 Å². The van der Waals surface area contributed by atoms with Crippen LogP contribution in [0.5, 0.6) is 0 Å². The van der Waals surface area contributed by atoms with Crippen LogP contribution in [0.25, 0.3) is 0 Å². The number of alkyl halides is 3. The van der Waals surface area contributed by atoms with E-state index in [2.05, 4.69) is 5.10 Å². The first kappa shape index (κ1) is 11.7. The lowest BCUT2D eigenvalue weighted by Gasteiger charge is -2.28. The van der Waals surface area contributed by atoms with Gasteiger partial charge in [0, 0.05) is 12.4 Å². The monoisotopic (exact) mass is 249 g/mol. The maximum atomic E-state index is 12.7. The molecule has 1 aromatic rings. The van der Waals surface area contributed by atoms with Gasteiger partial charge in [0.15, 0.2) is 0 Å². The lowest BCUT2D eigenvalue weighted by Crippen LogP contribution is -2.46. The molecule has 0 spiro atoms. The molecule has 0 saturated carbocycles. The second-order valence-corrected chi connectivity index (χ2v) is 3.79. The summed E-state index contributed by atoms with van der Waals surface area (Å²) in [6.45, 7) is 0. The van der Waals surface area contributed by atoms with Crippen molar-refractivity contribution >= 4 is 6.09 Å². The first-order valence-electron chi connectivity index (χ1n) is 4.98. The predicted molar refractivity (Wildman–Crippen MR) is 50.2 cm³/mol. The Kier molecular flexibility index (Phi) is 2.72. The fraction of sp³-hybridized carbons (Fsp3) is 0.556. The number of halogens is 3. The highest BCUT2D eigenvalue weighted by Crippen LogP contribution is 2.39. The van der Waals surface area contributed by atoms with Crippen molar-refractivity contribution in [3.05, 3.63) is 18.5 Å². The molecule has 0 radical (unpaired) electrons. The third-order valence-corrected chi connectivity index (χ3v) is 2.78. The van der Waals surface area contributed by atoms with E-state index in [9.17, 15) is 18.0 Å². The molecule has 1 fully saturated rings. The van der Waals surface area contributed by atoms with E-state index in [1.165, 1.54) is 17.1 Å². The average Bonchev–Trinajstić information content (AvgIpc) is 2.84. The van der Waals surface area contributed by atoms with Crippen molar-refractivity contribution < 1.29 is 23.1 Å². The first-order chi connectivity index (χ1) is 7.91. The van der Waals surface area contributed by atoms with Crippen LogP contribution in [0.2, 0.25) is 0 Å². The Morgan fingerprint density at radius 2 is 2.12 bits per heavy atom. The average molecular weight is 249 g/mol. The van der Waals surface area contributed by atoms with Crippen molar-refractivity contribution in [3.8, 4) is 0 Å². The number of likely N-dealkylation sites (tertiary alicyclic amines) is 1. The molecule has 5 nitrogen and oxygen atoms in total. The quantitative estimate of drug-likeness (QED) is 0.829. The van der Waals surface area contributed by atoms with Gasteiger partial charge in [-0.15, -0.1) is 0 Å². The van der Waals surface area contributed by atoms with Crippen molar-refractivity contribution in [3.63, 3.8) is 0 Å². The fourth-order valence-corrected chi connectivity index (χ4v) is 2.09. The van der Waals surface area contributed by atoms with Gasteiger partial charge in [-0.2, -0.15) is 18.3 Å². The zero-order valence-electron chi connectivity index (χ0n) is 8.63. The summed E-state index contributed by atoms with van der Waals surface area (Å²) in [5.41, 5.74) is 0. The number of hydrogen-bond acceptors (Lipinski definition) is 2. The third kappa shape index (κ3) is 2.06. The zero-order valence-corrected chi connectivity index (χ0v) is 8.63. The topological polar surface area (TPSA) is 58.4 Å². The maximum Gasteiger partial charge on any atom is 0.409 e. The van der Waals surface area contributed by atoms with Gasteiger partial charge in [0.1, 0.15) is 12.2 Å². The summed E-state index contributed by atoms with van der Waals surface area (Å²) in [4.78, 5) is 11.4. The number of amides is 1.